The van der Waals surface area contributed by atoms with Gasteiger partial charge < -0.3 is 10.2 Å². The molecule has 0 atom stereocenters. The van der Waals surface area contributed by atoms with Crippen LogP contribution in [0.4, 0.5) is 5.69 Å². The molecule has 2 rings (SSSR count). The van der Waals surface area contributed by atoms with Crippen molar-refractivity contribution in [1.29, 1.82) is 0 Å². The number of anilines is 1. The summed E-state index contributed by atoms with van der Waals surface area (Å²) in [6.45, 7) is 7.18. The maximum Gasteiger partial charge on any atom is 0.228 e. The molecule has 0 fully saturated rings. The van der Waals surface area contributed by atoms with Crippen molar-refractivity contribution in [3.05, 3.63) is 71.8 Å². The molecule has 0 unspecified atom stereocenters. The second-order valence-electron chi connectivity index (χ2n) is 5.52. The number of carbonyl (C=O) groups is 1. The number of hydrogen-bond acceptors (Lipinski definition) is 2. The number of carbonyl (C=O) groups excluding carboxylic acids is 1. The lowest BCUT2D eigenvalue weighted by atomic mass is 10.1. The predicted octanol–water partition coefficient (Wildman–Crippen LogP) is 3.78. The van der Waals surface area contributed by atoms with E-state index in [2.05, 4.69) is 31.0 Å². The van der Waals surface area contributed by atoms with Gasteiger partial charge in [0.25, 0.3) is 0 Å². The number of rotatable bonds is 7. The molecular weight excluding hydrogens is 284 g/mol. The molecule has 0 aromatic heterocycles. The molecule has 0 heterocycles. The van der Waals surface area contributed by atoms with Gasteiger partial charge in [0, 0.05) is 13.0 Å². The van der Waals surface area contributed by atoms with Gasteiger partial charge in [-0.15, -0.1) is 0 Å². The molecule has 0 spiro atoms. The number of hydrogen-bond donors (Lipinski definition) is 1. The number of nitrogens with one attached hydrogen (secondary N) is 1. The third-order valence-electron chi connectivity index (χ3n) is 3.93. The van der Waals surface area contributed by atoms with Gasteiger partial charge in [-0.1, -0.05) is 55.1 Å². The summed E-state index contributed by atoms with van der Waals surface area (Å²) in [7, 11) is 1.86. The van der Waals surface area contributed by atoms with Gasteiger partial charge in [-0.2, -0.15) is 0 Å². The molecule has 2 aromatic rings. The van der Waals surface area contributed by atoms with Crippen LogP contribution in [0.5, 0.6) is 0 Å². The highest BCUT2D eigenvalue weighted by molar-refractivity contribution is 5.95. The minimum Gasteiger partial charge on any atom is -0.319 e. The van der Waals surface area contributed by atoms with Crippen molar-refractivity contribution in [1.82, 2.24) is 5.32 Å². The summed E-state index contributed by atoms with van der Waals surface area (Å²) in [5.41, 5.74) is 4.23. The number of nitrogens with zero attached hydrogens (tertiary/aromatic N) is 1. The summed E-state index contributed by atoms with van der Waals surface area (Å²) in [4.78, 5) is 14.6. The van der Waals surface area contributed by atoms with Gasteiger partial charge in [0.2, 0.25) is 5.91 Å². The molecule has 23 heavy (non-hydrogen) atoms. The summed E-state index contributed by atoms with van der Waals surface area (Å²) in [6.07, 6.45) is 2.26. The monoisotopic (exact) mass is 308 g/mol. The van der Waals surface area contributed by atoms with E-state index in [0.29, 0.717) is 19.5 Å². The molecule has 1 amide bonds. The summed E-state index contributed by atoms with van der Waals surface area (Å²) in [6, 6.07) is 16.1. The first-order valence-corrected chi connectivity index (χ1v) is 7.88. The van der Waals surface area contributed by atoms with Gasteiger partial charge in [0.1, 0.15) is 0 Å². The highest BCUT2D eigenvalue weighted by Gasteiger charge is 2.18. The largest absolute Gasteiger partial charge is 0.319 e. The standard InChI is InChI=1S/C20H24N2O/c1-4-17-10-7-8-12-19(17)22(20(23)13-14-21-3)15-18-11-6-5-9-16(18)2/h4-12,21H,1,13-15H2,2-3H3. The molecule has 0 radical (unpaired) electrons. The first-order valence-electron chi connectivity index (χ1n) is 7.88. The number of benzene rings is 2. The molecule has 1 N–H and O–H groups in total. The number of aryl methyl sites for hydroxylation is 1. The van der Waals surface area contributed by atoms with Gasteiger partial charge in [-0.25, -0.2) is 0 Å². The summed E-state index contributed by atoms with van der Waals surface area (Å²) >= 11 is 0. The molecule has 0 aliphatic carbocycles. The van der Waals surface area contributed by atoms with Crippen LogP contribution in [0, 0.1) is 6.92 Å². The SMILES string of the molecule is C=Cc1ccccc1N(Cc1ccccc1C)C(=O)CCNC. The molecule has 3 nitrogen and oxygen atoms in total. The Morgan fingerprint density at radius 1 is 1.17 bits per heavy atom. The third kappa shape index (κ3) is 4.30. The van der Waals surface area contributed by atoms with Gasteiger partial charge in [0.05, 0.1) is 12.2 Å². The van der Waals surface area contributed by atoms with Crippen LogP contribution in [0.2, 0.25) is 0 Å². The Morgan fingerprint density at radius 3 is 2.57 bits per heavy atom. The fourth-order valence-corrected chi connectivity index (χ4v) is 2.54. The molecule has 3 heteroatoms. The zero-order valence-corrected chi connectivity index (χ0v) is 13.9. The molecule has 2 aromatic carbocycles. The van der Waals surface area contributed by atoms with Gasteiger partial charge in [-0.05, 0) is 36.7 Å². The average molecular weight is 308 g/mol. The van der Waals surface area contributed by atoms with Crippen molar-refractivity contribution in [2.45, 2.75) is 19.9 Å². The van der Waals surface area contributed by atoms with Crippen LogP contribution in [-0.4, -0.2) is 19.5 Å². The average Bonchev–Trinajstić information content (AvgIpc) is 2.59. The summed E-state index contributed by atoms with van der Waals surface area (Å²) < 4.78 is 0. The molecule has 0 aliphatic rings. The van der Waals surface area contributed by atoms with Crippen LogP contribution in [0.3, 0.4) is 0 Å². The zero-order valence-electron chi connectivity index (χ0n) is 13.9. The van der Waals surface area contributed by atoms with E-state index in [-0.39, 0.29) is 5.91 Å². The van der Waals surface area contributed by atoms with E-state index in [1.54, 1.807) is 6.08 Å². The fourth-order valence-electron chi connectivity index (χ4n) is 2.54. The third-order valence-corrected chi connectivity index (χ3v) is 3.93. The Bertz CT molecular complexity index is 679. The van der Waals surface area contributed by atoms with Crippen LogP contribution < -0.4 is 10.2 Å². The lowest BCUT2D eigenvalue weighted by Crippen LogP contribution is -2.33. The van der Waals surface area contributed by atoms with Gasteiger partial charge in [0.15, 0.2) is 0 Å². The van der Waals surface area contributed by atoms with Crippen molar-refractivity contribution >= 4 is 17.7 Å². The highest BCUT2D eigenvalue weighted by Crippen LogP contribution is 2.25. The summed E-state index contributed by atoms with van der Waals surface area (Å²) in [5, 5.41) is 3.04. The molecule has 0 saturated heterocycles. The second kappa shape index (κ2) is 8.30. The number of amides is 1. The fraction of sp³-hybridized carbons (Fsp3) is 0.250. The van der Waals surface area contributed by atoms with Crippen LogP contribution in [0.1, 0.15) is 23.1 Å². The first-order chi connectivity index (χ1) is 11.2. The first kappa shape index (κ1) is 17.0. The normalized spacial score (nSPS) is 10.3. The van der Waals surface area contributed by atoms with Gasteiger partial charge >= 0.3 is 0 Å². The van der Waals surface area contributed by atoms with Crippen LogP contribution >= 0.6 is 0 Å². The van der Waals surface area contributed by atoms with E-state index < -0.39 is 0 Å². The Labute approximate surface area is 138 Å². The molecule has 0 bridgehead atoms. The van der Waals surface area contributed by atoms with E-state index in [1.165, 1.54) is 5.56 Å². The van der Waals surface area contributed by atoms with E-state index in [1.807, 2.05) is 48.3 Å². The van der Waals surface area contributed by atoms with Crippen molar-refractivity contribution in [3.8, 4) is 0 Å². The van der Waals surface area contributed by atoms with Crippen LogP contribution in [-0.2, 0) is 11.3 Å². The van der Waals surface area contributed by atoms with E-state index in [0.717, 1.165) is 16.8 Å². The van der Waals surface area contributed by atoms with Crippen LogP contribution in [0.25, 0.3) is 6.08 Å². The molecule has 0 aliphatic heterocycles. The zero-order chi connectivity index (χ0) is 16.7. The quantitative estimate of drug-likeness (QED) is 0.844. The molecule has 120 valence electrons. The van der Waals surface area contributed by atoms with Crippen molar-refractivity contribution in [2.24, 2.45) is 0 Å². The Balaban J connectivity index is 2.37. The minimum absolute atomic E-state index is 0.108. The topological polar surface area (TPSA) is 32.3 Å². The Hall–Kier alpha value is -2.39. The highest BCUT2D eigenvalue weighted by atomic mass is 16.2. The van der Waals surface area contributed by atoms with E-state index in [4.69, 9.17) is 0 Å². The molecular formula is C20H24N2O. The number of para-hydroxylation sites is 1. The summed E-state index contributed by atoms with van der Waals surface area (Å²) in [5.74, 6) is 0.108. The maximum atomic E-state index is 12.7. The maximum absolute atomic E-state index is 12.7. The Morgan fingerprint density at radius 2 is 1.87 bits per heavy atom. The lowest BCUT2D eigenvalue weighted by molar-refractivity contribution is -0.118. The van der Waals surface area contributed by atoms with Crippen molar-refractivity contribution in [2.75, 3.05) is 18.5 Å². The van der Waals surface area contributed by atoms with Crippen molar-refractivity contribution < 1.29 is 4.79 Å². The van der Waals surface area contributed by atoms with Crippen molar-refractivity contribution in [3.63, 3.8) is 0 Å². The lowest BCUT2D eigenvalue weighted by Gasteiger charge is -2.25. The Kier molecular flexibility index (Phi) is 6.12. The second-order valence-corrected chi connectivity index (χ2v) is 5.52. The molecule has 0 saturated carbocycles. The van der Waals surface area contributed by atoms with Crippen LogP contribution in [0.15, 0.2) is 55.1 Å². The predicted molar refractivity (Wildman–Crippen MR) is 97.4 cm³/mol. The van der Waals surface area contributed by atoms with E-state index >= 15 is 0 Å². The van der Waals surface area contributed by atoms with E-state index in [9.17, 15) is 4.79 Å². The van der Waals surface area contributed by atoms with Gasteiger partial charge in [-0.3, -0.25) is 4.79 Å². The smallest absolute Gasteiger partial charge is 0.228 e. The minimum atomic E-state index is 0.108.